The molecule has 0 saturated heterocycles. The first-order valence-corrected chi connectivity index (χ1v) is 7.55. The highest BCUT2D eigenvalue weighted by Crippen LogP contribution is 2.24. The summed E-state index contributed by atoms with van der Waals surface area (Å²) in [6, 6.07) is 7.32. The van der Waals surface area contributed by atoms with E-state index in [4.69, 9.17) is 5.11 Å². The number of anilines is 1. The van der Waals surface area contributed by atoms with Crippen LogP contribution < -0.4 is 4.72 Å². The summed E-state index contributed by atoms with van der Waals surface area (Å²) in [4.78, 5) is 0. The number of nitrogens with one attached hydrogen (secondary N) is 1. The van der Waals surface area contributed by atoms with E-state index in [1.165, 1.54) is 6.92 Å². The topological polar surface area (TPSA) is 66.4 Å². The predicted octanol–water partition coefficient (Wildman–Crippen LogP) is 2.02. The molecule has 0 saturated carbocycles. The minimum atomic E-state index is -3.51. The van der Waals surface area contributed by atoms with Crippen molar-refractivity contribution < 1.29 is 13.5 Å². The summed E-state index contributed by atoms with van der Waals surface area (Å²) in [6.07, 6.45) is 0. The minimum Gasteiger partial charge on any atom is -0.395 e. The number of aliphatic hydroxyl groups excluding tert-OH is 1. The number of thiophene rings is 1. The van der Waals surface area contributed by atoms with Crippen LogP contribution >= 0.6 is 11.3 Å². The second-order valence-corrected chi connectivity index (χ2v) is 6.86. The largest absolute Gasteiger partial charge is 0.395 e. The standard InChI is InChI=1S/C11H13NO3S2/c1-8(7-13)17(14,15)12-10-2-3-11-9(6-10)4-5-16-11/h2-6,8,12-13H,7H2,1H3. The molecule has 4 nitrogen and oxygen atoms in total. The lowest BCUT2D eigenvalue weighted by atomic mass is 10.2. The zero-order valence-electron chi connectivity index (χ0n) is 9.25. The molecule has 0 aliphatic heterocycles. The van der Waals surface area contributed by atoms with Crippen LogP contribution in [0.2, 0.25) is 0 Å². The molecule has 6 heteroatoms. The molecule has 1 unspecified atom stereocenters. The number of rotatable bonds is 4. The zero-order valence-corrected chi connectivity index (χ0v) is 10.9. The summed E-state index contributed by atoms with van der Waals surface area (Å²) in [6.45, 7) is 1.07. The Balaban J connectivity index is 2.29. The van der Waals surface area contributed by atoms with Crippen LogP contribution in [0.3, 0.4) is 0 Å². The summed E-state index contributed by atoms with van der Waals surface area (Å²) in [5.41, 5.74) is 0.524. The Morgan fingerprint density at radius 1 is 1.41 bits per heavy atom. The molecule has 17 heavy (non-hydrogen) atoms. The maximum atomic E-state index is 11.7. The van der Waals surface area contributed by atoms with E-state index in [9.17, 15) is 8.42 Å². The van der Waals surface area contributed by atoms with Crippen LogP contribution in [0.15, 0.2) is 29.6 Å². The fourth-order valence-corrected chi connectivity index (χ4v) is 3.02. The predicted molar refractivity (Wildman–Crippen MR) is 70.9 cm³/mol. The molecule has 2 rings (SSSR count). The third-order valence-corrected chi connectivity index (χ3v) is 5.13. The Morgan fingerprint density at radius 2 is 2.18 bits per heavy atom. The Labute approximate surface area is 104 Å². The van der Waals surface area contributed by atoms with Gasteiger partial charge >= 0.3 is 0 Å². The van der Waals surface area contributed by atoms with E-state index in [2.05, 4.69) is 4.72 Å². The molecular formula is C11H13NO3S2. The van der Waals surface area contributed by atoms with Crippen LogP contribution in [0, 0.1) is 0 Å². The van der Waals surface area contributed by atoms with E-state index in [0.29, 0.717) is 5.69 Å². The quantitative estimate of drug-likeness (QED) is 0.894. The lowest BCUT2D eigenvalue weighted by Gasteiger charge is -2.12. The molecule has 92 valence electrons. The van der Waals surface area contributed by atoms with Gasteiger partial charge in [-0.3, -0.25) is 4.72 Å². The van der Waals surface area contributed by atoms with Gasteiger partial charge in [0.05, 0.1) is 6.61 Å². The van der Waals surface area contributed by atoms with E-state index in [1.807, 2.05) is 17.5 Å². The molecular weight excluding hydrogens is 258 g/mol. The van der Waals surface area contributed by atoms with E-state index in [0.717, 1.165) is 10.1 Å². The van der Waals surface area contributed by atoms with Gasteiger partial charge in [0.25, 0.3) is 0 Å². The smallest absolute Gasteiger partial charge is 0.237 e. The van der Waals surface area contributed by atoms with Crippen molar-refractivity contribution in [3.63, 3.8) is 0 Å². The van der Waals surface area contributed by atoms with E-state index in [1.54, 1.807) is 23.5 Å². The van der Waals surface area contributed by atoms with Gasteiger partial charge in [0, 0.05) is 10.4 Å². The Kier molecular flexibility index (Phi) is 3.37. The number of hydrogen-bond donors (Lipinski definition) is 2. The summed E-state index contributed by atoms with van der Waals surface area (Å²) < 4.78 is 27.1. The van der Waals surface area contributed by atoms with Crippen molar-refractivity contribution in [2.24, 2.45) is 0 Å². The molecule has 0 radical (unpaired) electrons. The van der Waals surface area contributed by atoms with E-state index >= 15 is 0 Å². The molecule has 2 N–H and O–H groups in total. The second-order valence-electron chi connectivity index (χ2n) is 3.81. The first-order chi connectivity index (χ1) is 8.03. The highest BCUT2D eigenvalue weighted by molar-refractivity contribution is 7.93. The average molecular weight is 271 g/mol. The van der Waals surface area contributed by atoms with Crippen molar-refractivity contribution in [3.05, 3.63) is 29.6 Å². The van der Waals surface area contributed by atoms with Gasteiger partial charge in [0.1, 0.15) is 5.25 Å². The molecule has 0 spiro atoms. The second kappa shape index (κ2) is 4.64. The normalized spacial score (nSPS) is 13.8. The number of benzene rings is 1. The SMILES string of the molecule is CC(CO)S(=O)(=O)Nc1ccc2sccc2c1. The van der Waals surface area contributed by atoms with Gasteiger partial charge in [-0.15, -0.1) is 11.3 Å². The summed E-state index contributed by atoms with van der Waals surface area (Å²) in [5, 5.41) is 11.0. The highest BCUT2D eigenvalue weighted by atomic mass is 32.2. The minimum absolute atomic E-state index is 0.393. The molecule has 1 aromatic carbocycles. The molecule has 1 heterocycles. The monoisotopic (exact) mass is 271 g/mol. The summed E-state index contributed by atoms with van der Waals surface area (Å²) in [5.74, 6) is 0. The van der Waals surface area contributed by atoms with Crippen molar-refractivity contribution in [2.75, 3.05) is 11.3 Å². The lowest BCUT2D eigenvalue weighted by Crippen LogP contribution is -2.28. The molecule has 0 fully saturated rings. The van der Waals surface area contributed by atoms with Crippen molar-refractivity contribution >= 4 is 37.1 Å². The van der Waals surface area contributed by atoms with Crippen LogP contribution in [-0.2, 0) is 10.0 Å². The van der Waals surface area contributed by atoms with Crippen LogP contribution in [0.25, 0.3) is 10.1 Å². The van der Waals surface area contributed by atoms with Gasteiger partial charge in [-0.1, -0.05) is 0 Å². The molecule has 1 aromatic heterocycles. The van der Waals surface area contributed by atoms with Crippen LogP contribution in [0.1, 0.15) is 6.92 Å². The Hall–Kier alpha value is -1.11. The fourth-order valence-electron chi connectivity index (χ4n) is 1.39. The first kappa shape index (κ1) is 12.3. The van der Waals surface area contributed by atoms with E-state index < -0.39 is 21.9 Å². The number of aliphatic hydroxyl groups is 1. The molecule has 2 aromatic rings. The fraction of sp³-hybridized carbons (Fsp3) is 0.273. The highest BCUT2D eigenvalue weighted by Gasteiger charge is 2.19. The molecule has 0 aliphatic rings. The number of sulfonamides is 1. The van der Waals surface area contributed by atoms with Crippen LogP contribution in [0.4, 0.5) is 5.69 Å². The Morgan fingerprint density at radius 3 is 2.88 bits per heavy atom. The molecule has 0 amide bonds. The molecule has 0 aliphatic carbocycles. The van der Waals surface area contributed by atoms with Crippen molar-refractivity contribution in [1.82, 2.24) is 0 Å². The van der Waals surface area contributed by atoms with Crippen LogP contribution in [0.5, 0.6) is 0 Å². The molecule has 1 atom stereocenters. The zero-order chi connectivity index (χ0) is 12.5. The number of hydrogen-bond acceptors (Lipinski definition) is 4. The van der Waals surface area contributed by atoms with Crippen LogP contribution in [-0.4, -0.2) is 25.4 Å². The summed E-state index contributed by atoms with van der Waals surface area (Å²) in [7, 11) is -3.51. The number of fused-ring (bicyclic) bond motifs is 1. The summed E-state index contributed by atoms with van der Waals surface area (Å²) >= 11 is 1.61. The third kappa shape index (κ3) is 2.59. The van der Waals surface area contributed by atoms with Crippen molar-refractivity contribution in [1.29, 1.82) is 0 Å². The maximum Gasteiger partial charge on any atom is 0.237 e. The maximum absolute atomic E-state index is 11.7. The van der Waals surface area contributed by atoms with Gasteiger partial charge in [0.2, 0.25) is 10.0 Å². The van der Waals surface area contributed by atoms with Crippen molar-refractivity contribution in [3.8, 4) is 0 Å². The third-order valence-electron chi connectivity index (χ3n) is 2.50. The van der Waals surface area contributed by atoms with Gasteiger partial charge < -0.3 is 5.11 Å². The molecule has 0 bridgehead atoms. The Bertz CT molecular complexity index is 618. The van der Waals surface area contributed by atoms with Gasteiger partial charge in [-0.25, -0.2) is 8.42 Å². The van der Waals surface area contributed by atoms with Gasteiger partial charge in [-0.2, -0.15) is 0 Å². The van der Waals surface area contributed by atoms with Gasteiger partial charge in [0.15, 0.2) is 0 Å². The van der Waals surface area contributed by atoms with Gasteiger partial charge in [-0.05, 0) is 42.0 Å². The average Bonchev–Trinajstić information content (AvgIpc) is 2.74. The lowest BCUT2D eigenvalue weighted by molar-refractivity contribution is 0.296. The van der Waals surface area contributed by atoms with Crippen molar-refractivity contribution in [2.45, 2.75) is 12.2 Å². The first-order valence-electron chi connectivity index (χ1n) is 5.12. The van der Waals surface area contributed by atoms with E-state index in [-0.39, 0.29) is 0 Å².